The van der Waals surface area contributed by atoms with E-state index >= 15 is 0 Å². The van der Waals surface area contributed by atoms with E-state index in [0.717, 1.165) is 44.9 Å². The number of ether oxygens (including phenoxy) is 1. The highest BCUT2D eigenvalue weighted by Gasteiger charge is 2.20. The summed E-state index contributed by atoms with van der Waals surface area (Å²) in [6.45, 7) is 5.00. The van der Waals surface area contributed by atoms with Gasteiger partial charge in [0.15, 0.2) is 0 Å². The molecule has 1 amide bonds. The number of aliphatic hydroxyl groups excluding tert-OH is 2. The summed E-state index contributed by atoms with van der Waals surface area (Å²) < 4.78 is 5.51. The lowest BCUT2D eigenvalue weighted by Crippen LogP contribution is -2.45. The number of carbonyl (C=O) groups excluding carboxylic acids is 2. The number of rotatable bonds is 75. The van der Waals surface area contributed by atoms with Gasteiger partial charge in [0.05, 0.1) is 25.4 Å². The first-order chi connectivity index (χ1) is 42.5. The third-order valence-electron chi connectivity index (χ3n) is 18.7. The molecule has 0 aliphatic carbocycles. The Balaban J connectivity index is 3.32. The molecule has 0 rings (SSSR count). The van der Waals surface area contributed by atoms with Crippen LogP contribution in [0, 0.1) is 0 Å². The number of allylic oxidation sites excluding steroid dienone is 4. The molecule has 0 heterocycles. The first-order valence-corrected chi connectivity index (χ1v) is 39.6. The minimum absolute atomic E-state index is 0.0183. The van der Waals surface area contributed by atoms with Crippen LogP contribution in [0.2, 0.25) is 0 Å². The molecule has 2 unspecified atom stereocenters. The van der Waals surface area contributed by atoms with Gasteiger partial charge in [-0.25, -0.2) is 0 Å². The van der Waals surface area contributed by atoms with Gasteiger partial charge in [0.2, 0.25) is 5.91 Å². The lowest BCUT2D eigenvalue weighted by molar-refractivity contribution is -0.143. The number of hydrogen-bond acceptors (Lipinski definition) is 5. The first kappa shape index (κ1) is 84.3. The fraction of sp³-hybridized carbons (Fsp3) is 0.925. The van der Waals surface area contributed by atoms with Gasteiger partial charge in [0.25, 0.3) is 0 Å². The standard InChI is InChI=1S/C80H155NO5/c1-3-5-7-9-11-13-15-17-19-21-42-46-50-54-58-62-66-70-74-80(85)86-75-71-67-63-59-55-51-47-43-40-38-36-34-32-30-28-26-24-22-23-25-27-29-31-33-35-37-39-41-45-49-53-57-61-65-69-73-79(84)81-77(76-82)78(83)72-68-64-60-56-52-48-44-20-18-16-14-12-10-8-6-4-2/h19,21,24,26,77-78,82-83H,3-18,20,22-23,25,27-76H2,1-2H3,(H,81,84)/b21-19-,26-24-. The van der Waals surface area contributed by atoms with Gasteiger partial charge in [-0.2, -0.15) is 0 Å². The molecule has 0 aromatic heterocycles. The Hall–Kier alpha value is -1.66. The first-order valence-electron chi connectivity index (χ1n) is 39.6. The molecule has 0 spiro atoms. The highest BCUT2D eigenvalue weighted by atomic mass is 16.5. The lowest BCUT2D eigenvalue weighted by atomic mass is 10.0. The number of esters is 1. The molecule has 0 bridgehead atoms. The van der Waals surface area contributed by atoms with Crippen molar-refractivity contribution in [3.63, 3.8) is 0 Å². The Labute approximate surface area is 539 Å². The SMILES string of the molecule is CCCCCCCCC/C=C\CCCCCCCCCC(=O)OCCCCCCCCCCCCCCCC/C=C\CCCCCCCCCCCCCCCCCCCC(=O)NC(CO)C(O)CCCCCCCCCCCCCCCCCC. The van der Waals surface area contributed by atoms with E-state index in [4.69, 9.17) is 4.74 Å². The van der Waals surface area contributed by atoms with Crippen LogP contribution in [0.25, 0.3) is 0 Å². The van der Waals surface area contributed by atoms with Crippen LogP contribution in [0.1, 0.15) is 450 Å². The molecular weight excluding hydrogens is 1050 g/mol. The number of carbonyl (C=O) groups is 2. The van der Waals surface area contributed by atoms with Crippen molar-refractivity contribution >= 4 is 11.9 Å². The van der Waals surface area contributed by atoms with E-state index in [1.807, 2.05) is 0 Å². The van der Waals surface area contributed by atoms with Crippen LogP contribution in [-0.2, 0) is 14.3 Å². The third kappa shape index (κ3) is 71.4. The molecule has 6 nitrogen and oxygen atoms in total. The van der Waals surface area contributed by atoms with Crippen LogP contribution in [0.15, 0.2) is 24.3 Å². The average molecular weight is 1210 g/mol. The molecule has 0 aromatic carbocycles. The molecule has 3 N–H and O–H groups in total. The molecule has 0 radical (unpaired) electrons. The Morgan fingerprint density at radius 3 is 0.826 bits per heavy atom. The molecule has 510 valence electrons. The van der Waals surface area contributed by atoms with Crippen LogP contribution in [-0.4, -0.2) is 47.4 Å². The van der Waals surface area contributed by atoms with Crippen molar-refractivity contribution in [2.75, 3.05) is 13.2 Å². The molecule has 0 saturated heterocycles. The smallest absolute Gasteiger partial charge is 0.305 e. The molecule has 0 aliphatic rings. The molecule has 0 aliphatic heterocycles. The van der Waals surface area contributed by atoms with Crippen LogP contribution >= 0.6 is 0 Å². The van der Waals surface area contributed by atoms with E-state index in [1.165, 1.54) is 372 Å². The highest BCUT2D eigenvalue weighted by molar-refractivity contribution is 5.76. The number of hydrogen-bond donors (Lipinski definition) is 3. The predicted molar refractivity (Wildman–Crippen MR) is 380 cm³/mol. The van der Waals surface area contributed by atoms with Gasteiger partial charge in [-0.05, 0) is 77.0 Å². The Bertz CT molecular complexity index is 1350. The van der Waals surface area contributed by atoms with Crippen molar-refractivity contribution in [3.8, 4) is 0 Å². The zero-order valence-corrected chi connectivity index (χ0v) is 58.6. The van der Waals surface area contributed by atoms with Crippen molar-refractivity contribution in [1.29, 1.82) is 0 Å². The topological polar surface area (TPSA) is 95.9 Å². The van der Waals surface area contributed by atoms with Crippen LogP contribution in [0.5, 0.6) is 0 Å². The summed E-state index contributed by atoms with van der Waals surface area (Å²) in [5.74, 6) is -0.00922. The quantitative estimate of drug-likeness (QED) is 0.0320. The molecule has 86 heavy (non-hydrogen) atoms. The van der Waals surface area contributed by atoms with Crippen molar-refractivity contribution in [2.45, 2.75) is 463 Å². The number of aliphatic hydroxyl groups is 2. The molecule has 6 heteroatoms. The second kappa shape index (κ2) is 75.8. The monoisotopic (exact) mass is 1210 g/mol. The van der Waals surface area contributed by atoms with Crippen molar-refractivity contribution in [2.24, 2.45) is 0 Å². The second-order valence-corrected chi connectivity index (χ2v) is 27.4. The Morgan fingerprint density at radius 2 is 0.547 bits per heavy atom. The largest absolute Gasteiger partial charge is 0.466 e. The number of amides is 1. The maximum absolute atomic E-state index is 12.5. The number of nitrogens with one attached hydrogen (secondary N) is 1. The summed E-state index contributed by atoms with van der Waals surface area (Å²) in [6, 6.07) is -0.538. The van der Waals surface area contributed by atoms with E-state index in [0.29, 0.717) is 25.9 Å². The van der Waals surface area contributed by atoms with Gasteiger partial charge >= 0.3 is 5.97 Å². The van der Waals surface area contributed by atoms with Gasteiger partial charge in [0.1, 0.15) is 0 Å². The van der Waals surface area contributed by atoms with Gasteiger partial charge in [-0.1, -0.05) is 385 Å². The fourth-order valence-corrected chi connectivity index (χ4v) is 12.7. The zero-order valence-electron chi connectivity index (χ0n) is 58.6. The van der Waals surface area contributed by atoms with E-state index < -0.39 is 12.1 Å². The molecule has 0 aromatic rings. The summed E-state index contributed by atoms with van der Waals surface area (Å²) in [5, 5.41) is 23.4. The predicted octanol–water partition coefficient (Wildman–Crippen LogP) is 26.0. The summed E-state index contributed by atoms with van der Waals surface area (Å²) in [6.07, 6.45) is 97.0. The molecular formula is C80H155NO5. The normalized spacial score (nSPS) is 12.6. The maximum atomic E-state index is 12.5. The number of unbranched alkanes of at least 4 members (excludes halogenated alkanes) is 60. The van der Waals surface area contributed by atoms with E-state index in [1.54, 1.807) is 0 Å². The minimum Gasteiger partial charge on any atom is -0.466 e. The highest BCUT2D eigenvalue weighted by Crippen LogP contribution is 2.20. The second-order valence-electron chi connectivity index (χ2n) is 27.4. The van der Waals surface area contributed by atoms with Crippen molar-refractivity contribution in [3.05, 3.63) is 24.3 Å². The van der Waals surface area contributed by atoms with E-state index in [-0.39, 0.29) is 18.5 Å². The van der Waals surface area contributed by atoms with Gasteiger partial charge in [-0.15, -0.1) is 0 Å². The Morgan fingerprint density at radius 1 is 0.314 bits per heavy atom. The van der Waals surface area contributed by atoms with Crippen molar-refractivity contribution in [1.82, 2.24) is 5.32 Å². The van der Waals surface area contributed by atoms with Crippen LogP contribution in [0.3, 0.4) is 0 Å². The Kier molecular flexibility index (Phi) is 74.3. The summed E-state index contributed by atoms with van der Waals surface area (Å²) in [5.41, 5.74) is 0. The summed E-state index contributed by atoms with van der Waals surface area (Å²) >= 11 is 0. The summed E-state index contributed by atoms with van der Waals surface area (Å²) in [4.78, 5) is 24.6. The van der Waals surface area contributed by atoms with E-state index in [2.05, 4.69) is 43.5 Å². The van der Waals surface area contributed by atoms with Crippen LogP contribution in [0.4, 0.5) is 0 Å². The van der Waals surface area contributed by atoms with Gasteiger partial charge in [-0.3, -0.25) is 9.59 Å². The lowest BCUT2D eigenvalue weighted by Gasteiger charge is -2.22. The van der Waals surface area contributed by atoms with Gasteiger partial charge < -0.3 is 20.3 Å². The minimum atomic E-state index is -0.662. The van der Waals surface area contributed by atoms with Gasteiger partial charge in [0, 0.05) is 12.8 Å². The van der Waals surface area contributed by atoms with Crippen molar-refractivity contribution < 1.29 is 24.5 Å². The maximum Gasteiger partial charge on any atom is 0.305 e. The molecule has 2 atom stereocenters. The summed E-state index contributed by atoms with van der Waals surface area (Å²) in [7, 11) is 0. The van der Waals surface area contributed by atoms with Crippen LogP contribution < -0.4 is 5.32 Å². The molecule has 0 fully saturated rings. The zero-order chi connectivity index (χ0) is 62.0. The average Bonchev–Trinajstić information content (AvgIpc) is 3.60. The molecule has 0 saturated carbocycles. The fourth-order valence-electron chi connectivity index (χ4n) is 12.7. The third-order valence-corrected chi connectivity index (χ3v) is 18.7. The van der Waals surface area contributed by atoms with E-state index in [9.17, 15) is 19.8 Å².